The van der Waals surface area contributed by atoms with Gasteiger partial charge in [-0.1, -0.05) is 18.2 Å². The molecule has 1 unspecified atom stereocenters. The van der Waals surface area contributed by atoms with Crippen molar-refractivity contribution in [2.45, 2.75) is 12.6 Å². The number of nitrogens with two attached hydrogens (primary N) is 2. The molecule has 0 bridgehead atoms. The molecule has 13 heteroatoms. The Hall–Kier alpha value is -5.56. The van der Waals surface area contributed by atoms with Gasteiger partial charge in [0.25, 0.3) is 0 Å². The van der Waals surface area contributed by atoms with E-state index in [9.17, 15) is 15.4 Å². The number of aliphatic imine (C=N–C) groups is 1. The lowest BCUT2D eigenvalue weighted by atomic mass is 9.94. The third-order valence-electron chi connectivity index (χ3n) is 5.42. The molecule has 1 aromatic heterocycles. The second-order valence-electron chi connectivity index (χ2n) is 7.49. The molecule has 0 fully saturated rings. The average Bonchev–Trinajstić information content (AvgIpc) is 2.87. The highest BCUT2D eigenvalue weighted by Crippen LogP contribution is 2.41. The Kier molecular flexibility index (Phi) is 6.38. The van der Waals surface area contributed by atoms with Crippen LogP contribution in [0.15, 0.2) is 47.5 Å². The lowest BCUT2D eigenvalue weighted by molar-refractivity contribution is -0.385. The number of benzene rings is 2. The van der Waals surface area contributed by atoms with Gasteiger partial charge in [0, 0.05) is 17.2 Å². The number of nitro benzene ring substituents is 1. The van der Waals surface area contributed by atoms with E-state index >= 15 is 0 Å². The first kappa shape index (κ1) is 23.6. The van der Waals surface area contributed by atoms with E-state index in [0.717, 1.165) is 0 Å². The topological polar surface area (TPSA) is 211 Å². The molecule has 0 radical (unpaired) electrons. The Morgan fingerprint density at radius 2 is 2.00 bits per heavy atom. The number of para-hydroxylation sites is 2. The summed E-state index contributed by atoms with van der Waals surface area (Å²) in [6.45, 7) is -0.0500. The van der Waals surface area contributed by atoms with Gasteiger partial charge in [0.1, 0.15) is 41.7 Å². The maximum Gasteiger partial charge on any atom is 0.310 e. The summed E-state index contributed by atoms with van der Waals surface area (Å²) < 4.78 is 11.2. The van der Waals surface area contributed by atoms with E-state index in [1.807, 2.05) is 6.07 Å². The summed E-state index contributed by atoms with van der Waals surface area (Å²) in [6.07, 6.45) is 1.79. The minimum atomic E-state index is -0.770. The zero-order valence-electron chi connectivity index (χ0n) is 18.8. The van der Waals surface area contributed by atoms with Gasteiger partial charge in [-0.05, 0) is 23.8 Å². The molecule has 0 amide bonds. The van der Waals surface area contributed by atoms with Gasteiger partial charge in [0.05, 0.1) is 17.7 Å². The van der Waals surface area contributed by atoms with E-state index in [1.165, 1.54) is 19.2 Å². The minimum Gasteiger partial charge on any atom is -0.496 e. The summed E-state index contributed by atoms with van der Waals surface area (Å²) in [7, 11) is 1.49. The van der Waals surface area contributed by atoms with Crippen molar-refractivity contribution in [2.75, 3.05) is 23.9 Å². The molecule has 1 atom stereocenters. The number of nitrogens with zero attached hydrogens (tertiary/aromatic N) is 5. The SMILES string of the molecule is COc1ccc(C2N=C(NC#N)Nc3nc(N)c(C#N)c(N)c32)cc1COc1ccccc1[N+](=O)[O-]. The van der Waals surface area contributed by atoms with Crippen molar-refractivity contribution in [3.63, 3.8) is 0 Å². The summed E-state index contributed by atoms with van der Waals surface area (Å²) in [6, 6.07) is 12.4. The molecule has 0 saturated carbocycles. The molecule has 1 aliphatic rings. The molecule has 2 heterocycles. The number of aromatic nitrogens is 1. The Labute approximate surface area is 204 Å². The van der Waals surface area contributed by atoms with E-state index < -0.39 is 11.0 Å². The number of rotatable bonds is 6. The zero-order chi connectivity index (χ0) is 25.8. The lowest BCUT2D eigenvalue weighted by Gasteiger charge is -2.26. The van der Waals surface area contributed by atoms with Crippen LogP contribution < -0.4 is 31.6 Å². The first-order chi connectivity index (χ1) is 17.4. The van der Waals surface area contributed by atoms with Crippen molar-refractivity contribution < 1.29 is 14.4 Å². The summed E-state index contributed by atoms with van der Waals surface area (Å²) in [4.78, 5) is 19.6. The van der Waals surface area contributed by atoms with Gasteiger partial charge in [-0.25, -0.2) is 9.98 Å². The molecule has 36 heavy (non-hydrogen) atoms. The molecule has 180 valence electrons. The van der Waals surface area contributed by atoms with E-state index in [2.05, 4.69) is 20.6 Å². The molecular weight excluding hydrogens is 466 g/mol. The molecule has 6 N–H and O–H groups in total. The molecule has 1 aliphatic heterocycles. The van der Waals surface area contributed by atoms with Crippen LogP contribution in [0.2, 0.25) is 0 Å². The van der Waals surface area contributed by atoms with E-state index in [-0.39, 0.29) is 46.9 Å². The number of nitrogens with one attached hydrogen (secondary N) is 2. The van der Waals surface area contributed by atoms with Gasteiger partial charge in [0.15, 0.2) is 11.9 Å². The van der Waals surface area contributed by atoms with Gasteiger partial charge in [-0.15, -0.1) is 0 Å². The summed E-state index contributed by atoms with van der Waals surface area (Å²) in [5, 5.41) is 35.2. The van der Waals surface area contributed by atoms with Crippen molar-refractivity contribution in [3.8, 4) is 23.8 Å². The van der Waals surface area contributed by atoms with E-state index in [0.29, 0.717) is 22.4 Å². The number of methoxy groups -OCH3 is 1. The highest BCUT2D eigenvalue weighted by Gasteiger charge is 2.30. The Balaban J connectivity index is 1.78. The number of ether oxygens (including phenoxy) is 2. The predicted octanol–water partition coefficient (Wildman–Crippen LogP) is 2.56. The second kappa shape index (κ2) is 9.74. The van der Waals surface area contributed by atoms with Gasteiger partial charge in [0.2, 0.25) is 5.96 Å². The third-order valence-corrected chi connectivity index (χ3v) is 5.42. The molecule has 2 aromatic carbocycles. The van der Waals surface area contributed by atoms with Crippen molar-refractivity contribution in [1.82, 2.24) is 10.3 Å². The first-order valence-electron chi connectivity index (χ1n) is 10.4. The van der Waals surface area contributed by atoms with Gasteiger partial charge < -0.3 is 26.3 Å². The number of fused-ring (bicyclic) bond motifs is 1. The number of nitriles is 2. The van der Waals surface area contributed by atoms with Crippen molar-refractivity contribution in [3.05, 3.63) is 74.8 Å². The number of hydrogen-bond donors (Lipinski definition) is 4. The molecule has 0 spiro atoms. The minimum absolute atomic E-state index is 0.0147. The largest absolute Gasteiger partial charge is 0.496 e. The smallest absolute Gasteiger partial charge is 0.310 e. The van der Waals surface area contributed by atoms with Crippen LogP contribution in [0.1, 0.15) is 28.3 Å². The van der Waals surface area contributed by atoms with Crippen molar-refractivity contribution >= 4 is 29.0 Å². The number of pyridine rings is 1. The van der Waals surface area contributed by atoms with Crippen LogP contribution in [-0.4, -0.2) is 23.0 Å². The first-order valence-corrected chi connectivity index (χ1v) is 10.4. The maximum absolute atomic E-state index is 11.3. The van der Waals surface area contributed by atoms with Crippen LogP contribution in [0.5, 0.6) is 11.5 Å². The molecule has 4 rings (SSSR count). The van der Waals surface area contributed by atoms with Crippen molar-refractivity contribution in [1.29, 1.82) is 10.5 Å². The molecule has 0 aliphatic carbocycles. The number of nitro groups is 1. The fourth-order valence-electron chi connectivity index (χ4n) is 3.79. The number of hydrogen-bond acceptors (Lipinski definition) is 12. The molecular formula is C23H19N9O4. The van der Waals surface area contributed by atoms with Crippen LogP contribution in [0.4, 0.5) is 23.0 Å². The fraction of sp³-hybridized carbons (Fsp3) is 0.130. The summed E-state index contributed by atoms with van der Waals surface area (Å²) in [5.74, 6) is 0.872. The summed E-state index contributed by atoms with van der Waals surface area (Å²) >= 11 is 0. The lowest BCUT2D eigenvalue weighted by Crippen LogP contribution is -2.32. The highest BCUT2D eigenvalue weighted by molar-refractivity contribution is 5.98. The number of guanidine groups is 1. The Bertz CT molecular complexity index is 1470. The Morgan fingerprint density at radius 1 is 1.22 bits per heavy atom. The quantitative estimate of drug-likeness (QED) is 0.172. The third kappa shape index (κ3) is 4.32. The monoisotopic (exact) mass is 485 g/mol. The second-order valence-corrected chi connectivity index (χ2v) is 7.49. The highest BCUT2D eigenvalue weighted by atomic mass is 16.6. The van der Waals surface area contributed by atoms with Crippen LogP contribution in [0.25, 0.3) is 0 Å². The van der Waals surface area contributed by atoms with Crippen molar-refractivity contribution in [2.24, 2.45) is 4.99 Å². The van der Waals surface area contributed by atoms with Crippen LogP contribution in [0.3, 0.4) is 0 Å². The zero-order valence-corrected chi connectivity index (χ0v) is 18.8. The van der Waals surface area contributed by atoms with Gasteiger partial charge in [-0.2, -0.15) is 10.5 Å². The van der Waals surface area contributed by atoms with Crippen LogP contribution >= 0.6 is 0 Å². The number of anilines is 3. The fourth-order valence-corrected chi connectivity index (χ4v) is 3.79. The van der Waals surface area contributed by atoms with Crippen LogP contribution in [0, 0.1) is 32.9 Å². The standard InChI is InChI=1S/C23H19N9O4/c1-35-16-7-6-12(8-13(16)10-36-17-5-3-2-4-15(17)32(33)34)20-18-19(26)14(9-24)21(27)30-22(18)31-23(29-20)28-11-25/h2-8,20H,10H2,1H3,(H6,26,27,28,29,30,31). The van der Waals surface area contributed by atoms with E-state index in [1.54, 1.807) is 36.5 Å². The number of nitrogen functional groups attached to an aromatic ring is 2. The van der Waals surface area contributed by atoms with Gasteiger partial charge in [-0.3, -0.25) is 15.4 Å². The molecule has 0 saturated heterocycles. The average molecular weight is 485 g/mol. The van der Waals surface area contributed by atoms with Crippen LogP contribution in [-0.2, 0) is 6.61 Å². The predicted molar refractivity (Wildman–Crippen MR) is 130 cm³/mol. The summed E-state index contributed by atoms with van der Waals surface area (Å²) in [5.41, 5.74) is 13.7. The molecule has 13 nitrogen and oxygen atoms in total. The van der Waals surface area contributed by atoms with Gasteiger partial charge >= 0.3 is 5.69 Å². The normalized spacial score (nSPS) is 13.8. The Morgan fingerprint density at radius 3 is 2.69 bits per heavy atom. The maximum atomic E-state index is 11.3. The molecule has 3 aromatic rings. The van der Waals surface area contributed by atoms with E-state index in [4.69, 9.17) is 26.2 Å².